The molecule has 0 atom stereocenters. The number of phenols is 1. The summed E-state index contributed by atoms with van der Waals surface area (Å²) in [7, 11) is 4.98. The molecule has 0 unspecified atom stereocenters. The van der Waals surface area contributed by atoms with Crippen molar-refractivity contribution >= 4 is 11.8 Å². The molecule has 2 aromatic rings. The van der Waals surface area contributed by atoms with Crippen molar-refractivity contribution in [3.05, 3.63) is 41.0 Å². The van der Waals surface area contributed by atoms with Gasteiger partial charge in [0, 0.05) is 39.7 Å². The number of likely N-dealkylation sites (tertiary alicyclic amines) is 1. The summed E-state index contributed by atoms with van der Waals surface area (Å²) in [6, 6.07) is 8.08. The summed E-state index contributed by atoms with van der Waals surface area (Å²) in [5, 5.41) is 11.7. The summed E-state index contributed by atoms with van der Waals surface area (Å²) in [6.07, 6.45) is 2.33. The van der Waals surface area contributed by atoms with E-state index >= 15 is 0 Å². The second-order valence-electron chi connectivity index (χ2n) is 14.1. The molecule has 1 aliphatic heterocycles. The minimum atomic E-state index is -0.175. The molecule has 7 heteroatoms. The number of phenolic OH excluding ortho intramolecular Hbond substituents is 1. The van der Waals surface area contributed by atoms with Crippen molar-refractivity contribution in [1.82, 2.24) is 4.90 Å². The Morgan fingerprint density at radius 1 is 0.829 bits per heavy atom. The van der Waals surface area contributed by atoms with E-state index in [-0.39, 0.29) is 16.2 Å². The predicted octanol–water partition coefficient (Wildman–Crippen LogP) is 7.82. The first-order chi connectivity index (χ1) is 19.1. The van der Waals surface area contributed by atoms with Crippen LogP contribution in [0.25, 0.3) is 0 Å². The van der Waals surface area contributed by atoms with E-state index < -0.39 is 0 Å². The van der Waals surface area contributed by atoms with Crippen molar-refractivity contribution in [2.75, 3.05) is 47.6 Å². The molecule has 0 saturated carbocycles. The lowest BCUT2D eigenvalue weighted by Crippen LogP contribution is -2.42. The Bertz CT molecular complexity index is 1120. The minimum Gasteiger partial charge on any atom is -0.507 e. The number of methoxy groups -OCH3 is 3. The smallest absolute Gasteiger partial charge is 0.203 e. The van der Waals surface area contributed by atoms with Crippen LogP contribution in [0.2, 0.25) is 0 Å². The van der Waals surface area contributed by atoms with Crippen LogP contribution >= 0.6 is 11.8 Å². The van der Waals surface area contributed by atoms with Crippen LogP contribution in [0.15, 0.2) is 24.3 Å². The Hall–Kier alpha value is -2.25. The molecule has 3 rings (SSSR count). The lowest BCUT2D eigenvalue weighted by molar-refractivity contribution is 0.104. The standard InChI is InChI=1S/C34H53NO5S/c1-32(2,3)26-18-24(19-27(29(26)36)33(4,5)6)40-22-34(7,8)21-35-16-14-25(15-17-35)41-20-23-12-13-28(37-9)31(39-11)30(23)38-10/h12-13,18-19,25,36H,14-17,20-22H2,1-11H3. The lowest BCUT2D eigenvalue weighted by Gasteiger charge is -2.37. The van der Waals surface area contributed by atoms with Gasteiger partial charge in [0.05, 0.1) is 27.9 Å². The van der Waals surface area contributed by atoms with Gasteiger partial charge in [0.25, 0.3) is 0 Å². The number of nitrogens with zero attached hydrogens (tertiary/aromatic N) is 1. The Morgan fingerprint density at radius 3 is 1.88 bits per heavy atom. The summed E-state index contributed by atoms with van der Waals surface area (Å²) in [4.78, 5) is 2.58. The largest absolute Gasteiger partial charge is 0.507 e. The van der Waals surface area contributed by atoms with E-state index in [2.05, 4.69) is 66.4 Å². The third kappa shape index (κ3) is 8.63. The summed E-state index contributed by atoms with van der Waals surface area (Å²) >= 11 is 2.00. The van der Waals surface area contributed by atoms with Crippen LogP contribution in [0.5, 0.6) is 28.7 Å². The number of benzene rings is 2. The molecule has 1 aliphatic rings. The first-order valence-corrected chi connectivity index (χ1v) is 15.8. The first kappa shape index (κ1) is 33.3. The number of thioether (sulfide) groups is 1. The van der Waals surface area contributed by atoms with Gasteiger partial charge in [0.2, 0.25) is 5.75 Å². The van der Waals surface area contributed by atoms with E-state index in [1.807, 2.05) is 30.0 Å². The van der Waals surface area contributed by atoms with Gasteiger partial charge in [-0.25, -0.2) is 0 Å². The first-order valence-electron chi connectivity index (χ1n) is 14.7. The predicted molar refractivity (Wildman–Crippen MR) is 172 cm³/mol. The molecule has 1 fully saturated rings. The number of hydrogen-bond acceptors (Lipinski definition) is 7. The molecular weight excluding hydrogens is 534 g/mol. The third-order valence-electron chi connectivity index (χ3n) is 7.78. The van der Waals surface area contributed by atoms with Gasteiger partial charge in [0.15, 0.2) is 11.5 Å². The lowest BCUT2D eigenvalue weighted by atomic mass is 9.79. The van der Waals surface area contributed by atoms with Crippen LogP contribution in [-0.4, -0.2) is 62.8 Å². The van der Waals surface area contributed by atoms with E-state index in [4.69, 9.17) is 18.9 Å². The van der Waals surface area contributed by atoms with Crippen LogP contribution in [0.1, 0.15) is 84.9 Å². The monoisotopic (exact) mass is 587 g/mol. The SMILES string of the molecule is COc1ccc(CSC2CCN(CC(C)(C)COc3cc(C(C)(C)C)c(O)c(C(C)(C)C)c3)CC2)c(OC)c1OC. The number of rotatable bonds is 11. The molecule has 2 aromatic carbocycles. The zero-order valence-corrected chi connectivity index (χ0v) is 28.1. The molecule has 0 bridgehead atoms. The normalized spacial score (nSPS) is 15.6. The molecule has 1 saturated heterocycles. The zero-order valence-electron chi connectivity index (χ0n) is 27.3. The fourth-order valence-electron chi connectivity index (χ4n) is 5.48. The molecule has 6 nitrogen and oxygen atoms in total. The molecule has 1 heterocycles. The van der Waals surface area contributed by atoms with E-state index in [0.29, 0.717) is 29.1 Å². The second kappa shape index (κ2) is 13.4. The highest BCUT2D eigenvalue weighted by atomic mass is 32.2. The highest BCUT2D eigenvalue weighted by molar-refractivity contribution is 7.99. The van der Waals surface area contributed by atoms with Crippen molar-refractivity contribution in [3.63, 3.8) is 0 Å². The molecule has 230 valence electrons. The Balaban J connectivity index is 1.56. The number of hydrogen-bond donors (Lipinski definition) is 1. The van der Waals surface area contributed by atoms with E-state index in [9.17, 15) is 5.11 Å². The maximum atomic E-state index is 11.0. The van der Waals surface area contributed by atoms with Gasteiger partial charge >= 0.3 is 0 Å². The quantitative estimate of drug-likeness (QED) is 0.288. The number of piperidine rings is 1. The Morgan fingerprint density at radius 2 is 1.39 bits per heavy atom. The van der Waals surface area contributed by atoms with Crippen LogP contribution < -0.4 is 18.9 Å². The molecule has 0 amide bonds. The minimum absolute atomic E-state index is 0.00529. The number of aromatic hydroxyl groups is 1. The highest BCUT2D eigenvalue weighted by Gasteiger charge is 2.30. The van der Waals surface area contributed by atoms with Crippen molar-refractivity contribution in [2.24, 2.45) is 5.41 Å². The summed E-state index contributed by atoms with van der Waals surface area (Å²) in [5.41, 5.74) is 2.65. The summed E-state index contributed by atoms with van der Waals surface area (Å²) < 4.78 is 23.1. The topological polar surface area (TPSA) is 60.4 Å². The molecule has 0 radical (unpaired) electrons. The van der Waals surface area contributed by atoms with Gasteiger partial charge in [-0.2, -0.15) is 11.8 Å². The van der Waals surface area contributed by atoms with Crippen LogP contribution in [0, 0.1) is 5.41 Å². The zero-order chi connectivity index (χ0) is 30.6. The molecule has 0 aromatic heterocycles. The fraction of sp³-hybridized carbons (Fsp3) is 0.647. The van der Waals surface area contributed by atoms with Crippen molar-refractivity contribution in [3.8, 4) is 28.7 Å². The maximum Gasteiger partial charge on any atom is 0.203 e. The Labute approximate surface area is 253 Å². The van der Waals surface area contributed by atoms with Crippen molar-refractivity contribution < 1.29 is 24.1 Å². The van der Waals surface area contributed by atoms with E-state index in [1.54, 1.807) is 21.3 Å². The Kier molecular flexibility index (Phi) is 10.8. The van der Waals surface area contributed by atoms with Gasteiger partial charge in [-0.1, -0.05) is 61.5 Å². The average molecular weight is 588 g/mol. The fourth-order valence-corrected chi connectivity index (χ4v) is 6.67. The van der Waals surface area contributed by atoms with Gasteiger partial charge < -0.3 is 29.0 Å². The molecule has 0 aliphatic carbocycles. The third-order valence-corrected chi connectivity index (χ3v) is 9.20. The van der Waals surface area contributed by atoms with Gasteiger partial charge in [-0.05, 0) is 55.0 Å². The van der Waals surface area contributed by atoms with E-state index in [1.165, 1.54) is 12.8 Å². The average Bonchev–Trinajstić information content (AvgIpc) is 2.89. The van der Waals surface area contributed by atoms with Gasteiger partial charge in [-0.15, -0.1) is 0 Å². The van der Waals surface area contributed by atoms with E-state index in [0.717, 1.165) is 53.6 Å². The van der Waals surface area contributed by atoms with Crippen molar-refractivity contribution in [2.45, 2.75) is 90.1 Å². The molecular formula is C34H53NO5S. The van der Waals surface area contributed by atoms with Gasteiger partial charge in [0.1, 0.15) is 11.5 Å². The molecule has 1 N–H and O–H groups in total. The van der Waals surface area contributed by atoms with Crippen molar-refractivity contribution in [1.29, 1.82) is 0 Å². The highest BCUT2D eigenvalue weighted by Crippen LogP contribution is 2.43. The maximum absolute atomic E-state index is 11.0. The van der Waals surface area contributed by atoms with Crippen LogP contribution in [0.3, 0.4) is 0 Å². The summed E-state index contributed by atoms with van der Waals surface area (Å²) in [6.45, 7) is 21.2. The number of ether oxygens (including phenoxy) is 4. The summed E-state index contributed by atoms with van der Waals surface area (Å²) in [5.74, 6) is 4.22. The van der Waals surface area contributed by atoms with Crippen LogP contribution in [0.4, 0.5) is 0 Å². The molecule has 0 spiro atoms. The van der Waals surface area contributed by atoms with Crippen LogP contribution in [-0.2, 0) is 16.6 Å². The molecule has 41 heavy (non-hydrogen) atoms. The van der Waals surface area contributed by atoms with Gasteiger partial charge in [-0.3, -0.25) is 0 Å². The second-order valence-corrected chi connectivity index (χ2v) is 15.4.